The molecule has 0 fully saturated rings. The molecule has 1 atom stereocenters. The van der Waals surface area contributed by atoms with Gasteiger partial charge >= 0.3 is 12.5 Å². The highest BCUT2D eigenvalue weighted by molar-refractivity contribution is 5.85. The lowest BCUT2D eigenvalue weighted by molar-refractivity contribution is -0.287. The van der Waals surface area contributed by atoms with Crippen molar-refractivity contribution < 1.29 is 31.4 Å². The quantitative estimate of drug-likeness (QED) is 0.852. The van der Waals surface area contributed by atoms with Gasteiger partial charge in [-0.1, -0.05) is 12.1 Å². The van der Waals surface area contributed by atoms with Crippen LogP contribution in [-0.4, -0.2) is 12.5 Å². The van der Waals surface area contributed by atoms with Crippen LogP contribution in [0.2, 0.25) is 0 Å². The van der Waals surface area contributed by atoms with Gasteiger partial charge < -0.3 is 15.2 Å². The summed E-state index contributed by atoms with van der Waals surface area (Å²) in [7, 11) is 0. The van der Waals surface area contributed by atoms with Gasteiger partial charge in [-0.3, -0.25) is 0 Å². The van der Waals surface area contributed by atoms with Gasteiger partial charge in [-0.2, -0.15) is 13.2 Å². The number of ether oxygens (including phenoxy) is 2. The molecule has 0 aromatic heterocycles. The molecule has 1 aromatic rings. The molecule has 0 unspecified atom stereocenters. The zero-order chi connectivity index (χ0) is 13.6. The van der Waals surface area contributed by atoms with Crippen LogP contribution in [0.25, 0.3) is 0 Å². The summed E-state index contributed by atoms with van der Waals surface area (Å²) >= 11 is 0. The highest BCUT2D eigenvalue weighted by atomic mass is 35.5. The third-order valence-electron chi connectivity index (χ3n) is 2.31. The number of rotatable bonds is 2. The van der Waals surface area contributed by atoms with Gasteiger partial charge in [0.05, 0.1) is 6.42 Å². The Labute approximate surface area is 110 Å². The Kier molecular flexibility index (Phi) is 4.16. The molecule has 9 heteroatoms. The Morgan fingerprint density at radius 2 is 1.84 bits per heavy atom. The molecule has 0 bridgehead atoms. The second-order valence-electron chi connectivity index (χ2n) is 3.77. The fourth-order valence-electron chi connectivity index (χ4n) is 1.64. The first-order valence-corrected chi connectivity index (χ1v) is 4.89. The first-order valence-electron chi connectivity index (χ1n) is 4.89. The maximum Gasteiger partial charge on any atom is 0.586 e. The summed E-state index contributed by atoms with van der Waals surface area (Å²) in [5.41, 5.74) is 5.18. The number of hydrogen-bond donors (Lipinski definition) is 1. The van der Waals surface area contributed by atoms with Gasteiger partial charge in [0, 0.05) is 11.6 Å². The van der Waals surface area contributed by atoms with E-state index in [1.165, 1.54) is 18.2 Å². The van der Waals surface area contributed by atoms with E-state index < -0.39 is 30.7 Å². The fourth-order valence-corrected chi connectivity index (χ4v) is 1.64. The fraction of sp³-hybridized carbons (Fsp3) is 0.400. The van der Waals surface area contributed by atoms with Gasteiger partial charge in [0.25, 0.3) is 0 Å². The largest absolute Gasteiger partial charge is 0.586 e. The molecular formula is C10H9ClF5NO2. The Balaban J connectivity index is 0.00000180. The first-order chi connectivity index (χ1) is 8.18. The summed E-state index contributed by atoms with van der Waals surface area (Å²) in [5, 5.41) is 0. The molecule has 0 aliphatic carbocycles. The zero-order valence-electron chi connectivity index (χ0n) is 9.21. The van der Waals surface area contributed by atoms with Crippen LogP contribution < -0.4 is 15.2 Å². The molecule has 108 valence electrons. The predicted octanol–water partition coefficient (Wildman–Crippen LogP) is 3.38. The number of nitrogens with two attached hydrogens (primary N) is 1. The molecule has 0 saturated heterocycles. The average Bonchev–Trinajstić information content (AvgIpc) is 2.47. The van der Waals surface area contributed by atoms with E-state index >= 15 is 0 Å². The number of para-hydroxylation sites is 1. The normalized spacial score (nSPS) is 17.8. The van der Waals surface area contributed by atoms with E-state index in [9.17, 15) is 22.0 Å². The minimum absolute atomic E-state index is 0. The van der Waals surface area contributed by atoms with Crippen molar-refractivity contribution in [3.63, 3.8) is 0 Å². The lowest BCUT2D eigenvalue weighted by Gasteiger charge is -2.16. The second-order valence-corrected chi connectivity index (χ2v) is 3.77. The smallest absolute Gasteiger partial charge is 0.395 e. The van der Waals surface area contributed by atoms with Gasteiger partial charge in [-0.15, -0.1) is 21.2 Å². The summed E-state index contributed by atoms with van der Waals surface area (Å²) in [4.78, 5) is 0. The number of fused-ring (bicyclic) bond motifs is 1. The summed E-state index contributed by atoms with van der Waals surface area (Å²) in [6, 6.07) is 2.15. The Hall–Kier alpha value is -1.28. The highest BCUT2D eigenvalue weighted by Crippen LogP contribution is 2.46. The van der Waals surface area contributed by atoms with E-state index in [1.54, 1.807) is 0 Å². The Bertz CT molecular complexity index is 466. The van der Waals surface area contributed by atoms with E-state index in [2.05, 4.69) is 9.47 Å². The third kappa shape index (κ3) is 3.60. The maximum atomic E-state index is 12.8. The van der Waals surface area contributed by atoms with E-state index in [-0.39, 0.29) is 23.7 Å². The number of benzene rings is 1. The van der Waals surface area contributed by atoms with Crippen LogP contribution in [0.3, 0.4) is 0 Å². The summed E-state index contributed by atoms with van der Waals surface area (Å²) in [5.74, 6) is -0.769. The molecular weight excluding hydrogens is 297 g/mol. The molecule has 1 heterocycles. The van der Waals surface area contributed by atoms with Crippen LogP contribution in [0.4, 0.5) is 22.0 Å². The lowest BCUT2D eigenvalue weighted by Crippen LogP contribution is -2.26. The van der Waals surface area contributed by atoms with Gasteiger partial charge in [0.2, 0.25) is 0 Å². The van der Waals surface area contributed by atoms with E-state index in [1.807, 2.05) is 0 Å². The highest BCUT2D eigenvalue weighted by Gasteiger charge is 2.45. The van der Waals surface area contributed by atoms with Crippen molar-refractivity contribution in [3.8, 4) is 11.5 Å². The number of alkyl halides is 5. The van der Waals surface area contributed by atoms with Crippen molar-refractivity contribution in [1.82, 2.24) is 0 Å². The van der Waals surface area contributed by atoms with Crippen LogP contribution in [-0.2, 0) is 0 Å². The average molecular weight is 306 g/mol. The van der Waals surface area contributed by atoms with E-state index in [0.717, 1.165) is 0 Å². The van der Waals surface area contributed by atoms with Gasteiger partial charge in [-0.05, 0) is 6.07 Å². The molecule has 1 aliphatic heterocycles. The van der Waals surface area contributed by atoms with Crippen LogP contribution >= 0.6 is 12.4 Å². The van der Waals surface area contributed by atoms with Gasteiger partial charge in [-0.25, -0.2) is 0 Å². The summed E-state index contributed by atoms with van der Waals surface area (Å²) < 4.78 is 70.5. The molecule has 0 radical (unpaired) electrons. The van der Waals surface area contributed by atoms with E-state index in [4.69, 9.17) is 5.73 Å². The number of hydrogen-bond acceptors (Lipinski definition) is 3. The maximum absolute atomic E-state index is 12.8. The first kappa shape index (κ1) is 15.8. The minimum Gasteiger partial charge on any atom is -0.395 e. The molecule has 0 saturated carbocycles. The van der Waals surface area contributed by atoms with Crippen LogP contribution in [0, 0.1) is 0 Å². The number of halogens is 6. The Morgan fingerprint density at radius 1 is 1.21 bits per heavy atom. The van der Waals surface area contributed by atoms with Crippen LogP contribution in [0.1, 0.15) is 18.0 Å². The molecule has 2 rings (SSSR count). The van der Waals surface area contributed by atoms with Crippen molar-refractivity contribution in [1.29, 1.82) is 0 Å². The summed E-state index contributed by atoms with van der Waals surface area (Å²) in [6.07, 6.45) is -9.71. The predicted molar refractivity (Wildman–Crippen MR) is 57.5 cm³/mol. The monoisotopic (exact) mass is 305 g/mol. The SMILES string of the molecule is Cl.N[C@@H](CC(F)(F)F)c1cccc2c1OC(F)(F)O2. The lowest BCUT2D eigenvalue weighted by atomic mass is 10.0. The van der Waals surface area contributed by atoms with E-state index in [0.29, 0.717) is 0 Å². The molecule has 0 spiro atoms. The standard InChI is InChI=1S/C10H8F5NO2.ClH/c11-9(12,13)4-6(16)5-2-1-3-7-8(5)18-10(14,15)17-7;/h1-3,6H,4,16H2;1H/t6-;/m0./s1. The topological polar surface area (TPSA) is 44.5 Å². The van der Waals surface area contributed by atoms with Gasteiger partial charge in [0.1, 0.15) is 0 Å². The molecule has 2 N–H and O–H groups in total. The third-order valence-corrected chi connectivity index (χ3v) is 2.31. The molecule has 3 nitrogen and oxygen atoms in total. The summed E-state index contributed by atoms with van der Waals surface area (Å²) in [6.45, 7) is 0. The van der Waals surface area contributed by atoms with Gasteiger partial charge in [0.15, 0.2) is 11.5 Å². The second kappa shape index (κ2) is 5.01. The van der Waals surface area contributed by atoms with Crippen molar-refractivity contribution >= 4 is 12.4 Å². The molecule has 1 aromatic carbocycles. The van der Waals surface area contributed by atoms with Crippen LogP contribution in [0.5, 0.6) is 11.5 Å². The zero-order valence-corrected chi connectivity index (χ0v) is 10.0. The Morgan fingerprint density at radius 3 is 2.42 bits per heavy atom. The van der Waals surface area contributed by atoms with Crippen LogP contribution in [0.15, 0.2) is 18.2 Å². The molecule has 1 aliphatic rings. The van der Waals surface area contributed by atoms with Crippen molar-refractivity contribution in [2.45, 2.75) is 24.9 Å². The van der Waals surface area contributed by atoms with Crippen molar-refractivity contribution in [2.75, 3.05) is 0 Å². The van der Waals surface area contributed by atoms with Crippen molar-refractivity contribution in [3.05, 3.63) is 23.8 Å². The molecule has 19 heavy (non-hydrogen) atoms. The van der Waals surface area contributed by atoms with Crippen molar-refractivity contribution in [2.24, 2.45) is 5.73 Å². The molecule has 0 amide bonds. The minimum atomic E-state index is -4.50.